The van der Waals surface area contributed by atoms with Crippen molar-refractivity contribution in [1.29, 1.82) is 0 Å². The molecule has 26 heavy (non-hydrogen) atoms. The molecule has 0 saturated heterocycles. The van der Waals surface area contributed by atoms with Crippen molar-refractivity contribution in [2.45, 2.75) is 44.7 Å². The van der Waals surface area contributed by atoms with Gasteiger partial charge in [0.15, 0.2) is 11.5 Å². The zero-order valence-corrected chi connectivity index (χ0v) is 16.3. The van der Waals surface area contributed by atoms with Crippen LogP contribution >= 0.6 is 0 Å². The fourth-order valence-electron chi connectivity index (χ4n) is 3.74. The molecule has 1 fully saturated rings. The molecule has 1 saturated carbocycles. The number of likely N-dealkylation sites (N-methyl/N-ethyl adjacent to an activating group) is 1. The maximum atomic E-state index is 12.9. The van der Waals surface area contributed by atoms with E-state index in [-0.39, 0.29) is 11.9 Å². The molecule has 0 N–H and O–H groups in total. The van der Waals surface area contributed by atoms with Gasteiger partial charge in [0.2, 0.25) is 15.9 Å². The molecule has 0 bridgehead atoms. The van der Waals surface area contributed by atoms with Crippen molar-refractivity contribution < 1.29 is 22.7 Å². The standard InChI is InChI=1S/C18H26N2O5S/c1-13(18(21)19(2)14-6-4-5-7-14)20(26(3,22)23)15-8-9-16-17(12-15)25-11-10-24-16/h8-9,12-14H,4-7,10-11H2,1-3H3/t13-/m0/s1. The SMILES string of the molecule is C[C@@H](C(=O)N(C)C1CCCC1)N(c1ccc2c(c1)OCCO2)S(C)(=O)=O. The van der Waals surface area contributed by atoms with E-state index in [4.69, 9.17) is 9.47 Å². The topological polar surface area (TPSA) is 76.2 Å². The minimum absolute atomic E-state index is 0.187. The number of carbonyl (C=O) groups excluding carboxylic acids is 1. The lowest BCUT2D eigenvalue weighted by molar-refractivity contribution is -0.132. The first-order chi connectivity index (χ1) is 12.3. The fraction of sp³-hybridized carbons (Fsp3) is 0.611. The van der Waals surface area contributed by atoms with Gasteiger partial charge in [-0.25, -0.2) is 8.42 Å². The summed E-state index contributed by atoms with van der Waals surface area (Å²) in [5, 5.41) is 0. The Morgan fingerprint density at radius 2 is 1.77 bits per heavy atom. The first kappa shape index (κ1) is 18.8. The first-order valence-electron chi connectivity index (χ1n) is 8.95. The van der Waals surface area contributed by atoms with Gasteiger partial charge in [-0.3, -0.25) is 9.10 Å². The molecule has 0 radical (unpaired) electrons. The summed E-state index contributed by atoms with van der Waals surface area (Å²) in [5.74, 6) is 0.874. The highest BCUT2D eigenvalue weighted by molar-refractivity contribution is 7.92. The summed E-state index contributed by atoms with van der Waals surface area (Å²) < 4.78 is 37.2. The molecular weight excluding hydrogens is 356 g/mol. The van der Waals surface area contributed by atoms with Crippen LogP contribution in [0.3, 0.4) is 0 Å². The molecular formula is C18H26N2O5S. The summed E-state index contributed by atoms with van der Waals surface area (Å²) in [7, 11) is -1.89. The third-order valence-corrected chi connectivity index (χ3v) is 6.31. The maximum absolute atomic E-state index is 12.9. The number of carbonyl (C=O) groups is 1. The predicted octanol–water partition coefficient (Wildman–Crippen LogP) is 2.01. The molecule has 0 aromatic heterocycles. The van der Waals surface area contributed by atoms with Gasteiger partial charge in [0.05, 0.1) is 11.9 Å². The molecule has 3 rings (SSSR count). The van der Waals surface area contributed by atoms with E-state index in [0.717, 1.165) is 31.9 Å². The number of hydrogen-bond acceptors (Lipinski definition) is 5. The van der Waals surface area contributed by atoms with E-state index in [9.17, 15) is 13.2 Å². The number of hydrogen-bond donors (Lipinski definition) is 0. The molecule has 1 atom stereocenters. The number of ether oxygens (including phenoxy) is 2. The molecule has 1 heterocycles. The fourth-order valence-corrected chi connectivity index (χ4v) is 4.90. The van der Waals surface area contributed by atoms with Crippen LogP contribution in [0.15, 0.2) is 18.2 Å². The Hall–Kier alpha value is -1.96. The van der Waals surface area contributed by atoms with Crippen molar-refractivity contribution in [3.05, 3.63) is 18.2 Å². The zero-order chi connectivity index (χ0) is 18.9. The highest BCUT2D eigenvalue weighted by atomic mass is 32.2. The lowest BCUT2D eigenvalue weighted by Gasteiger charge is -2.34. The van der Waals surface area contributed by atoms with Crippen molar-refractivity contribution >= 4 is 21.6 Å². The van der Waals surface area contributed by atoms with Gasteiger partial charge in [0.1, 0.15) is 19.3 Å². The van der Waals surface area contributed by atoms with Gasteiger partial charge in [-0.15, -0.1) is 0 Å². The van der Waals surface area contributed by atoms with E-state index in [1.807, 2.05) is 0 Å². The predicted molar refractivity (Wildman–Crippen MR) is 99.2 cm³/mol. The van der Waals surface area contributed by atoms with Gasteiger partial charge in [0, 0.05) is 19.2 Å². The minimum Gasteiger partial charge on any atom is -0.486 e. The van der Waals surface area contributed by atoms with Gasteiger partial charge >= 0.3 is 0 Å². The molecule has 1 aliphatic heterocycles. The number of rotatable bonds is 5. The van der Waals surface area contributed by atoms with Gasteiger partial charge in [-0.2, -0.15) is 0 Å². The van der Waals surface area contributed by atoms with Crippen LogP contribution in [0.4, 0.5) is 5.69 Å². The van der Waals surface area contributed by atoms with Crippen LogP contribution < -0.4 is 13.8 Å². The number of fused-ring (bicyclic) bond motifs is 1. The Balaban J connectivity index is 1.89. The molecule has 8 heteroatoms. The Bertz CT molecular complexity index is 774. The highest BCUT2D eigenvalue weighted by Gasteiger charge is 2.34. The number of sulfonamides is 1. The number of nitrogens with zero attached hydrogens (tertiary/aromatic N) is 2. The number of benzene rings is 1. The Labute approximate surface area is 154 Å². The van der Waals surface area contributed by atoms with Gasteiger partial charge < -0.3 is 14.4 Å². The zero-order valence-electron chi connectivity index (χ0n) is 15.5. The van der Waals surface area contributed by atoms with Crippen LogP contribution in [0.25, 0.3) is 0 Å². The van der Waals surface area contributed by atoms with Crippen LogP contribution in [0.5, 0.6) is 11.5 Å². The van der Waals surface area contributed by atoms with E-state index >= 15 is 0 Å². The lowest BCUT2D eigenvalue weighted by atomic mass is 10.1. The van der Waals surface area contributed by atoms with Crippen molar-refractivity contribution in [2.24, 2.45) is 0 Å². The first-order valence-corrected chi connectivity index (χ1v) is 10.8. The number of amides is 1. The summed E-state index contributed by atoms with van der Waals surface area (Å²) in [6.45, 7) is 2.50. The van der Waals surface area contributed by atoms with E-state index < -0.39 is 16.1 Å². The Morgan fingerprint density at radius 3 is 2.38 bits per heavy atom. The van der Waals surface area contributed by atoms with Crippen molar-refractivity contribution in [2.75, 3.05) is 30.8 Å². The number of anilines is 1. The summed E-state index contributed by atoms with van der Waals surface area (Å²) in [6, 6.07) is 4.30. The van der Waals surface area contributed by atoms with Crippen LogP contribution in [0.1, 0.15) is 32.6 Å². The second-order valence-electron chi connectivity index (χ2n) is 6.95. The normalized spacial score (nSPS) is 18.4. The van der Waals surface area contributed by atoms with Crippen molar-refractivity contribution in [3.8, 4) is 11.5 Å². The van der Waals surface area contributed by atoms with Gasteiger partial charge in [-0.1, -0.05) is 12.8 Å². The molecule has 7 nitrogen and oxygen atoms in total. The third-order valence-electron chi connectivity index (χ3n) is 5.07. The lowest BCUT2D eigenvalue weighted by Crippen LogP contribution is -2.50. The Morgan fingerprint density at radius 1 is 1.15 bits per heavy atom. The second kappa shape index (κ2) is 7.34. The average molecular weight is 382 g/mol. The Kier molecular flexibility index (Phi) is 5.32. The van der Waals surface area contributed by atoms with Crippen molar-refractivity contribution in [1.82, 2.24) is 4.90 Å². The van der Waals surface area contributed by atoms with E-state index in [1.54, 1.807) is 37.1 Å². The van der Waals surface area contributed by atoms with Crippen LogP contribution in [-0.4, -0.2) is 57.8 Å². The minimum atomic E-state index is -3.66. The maximum Gasteiger partial charge on any atom is 0.246 e. The quantitative estimate of drug-likeness (QED) is 0.779. The summed E-state index contributed by atoms with van der Waals surface area (Å²) in [6.07, 6.45) is 5.27. The molecule has 1 aliphatic carbocycles. The van der Waals surface area contributed by atoms with Gasteiger partial charge in [-0.05, 0) is 31.9 Å². The van der Waals surface area contributed by atoms with E-state index in [2.05, 4.69) is 0 Å². The van der Waals surface area contributed by atoms with Crippen LogP contribution in [-0.2, 0) is 14.8 Å². The molecule has 2 aliphatic rings. The monoisotopic (exact) mass is 382 g/mol. The average Bonchev–Trinajstić information content (AvgIpc) is 3.13. The smallest absolute Gasteiger partial charge is 0.246 e. The highest BCUT2D eigenvalue weighted by Crippen LogP contribution is 2.35. The van der Waals surface area contributed by atoms with Crippen molar-refractivity contribution in [3.63, 3.8) is 0 Å². The van der Waals surface area contributed by atoms with E-state index in [1.165, 1.54) is 4.31 Å². The van der Waals surface area contributed by atoms with Crippen LogP contribution in [0, 0.1) is 0 Å². The summed E-state index contributed by atoms with van der Waals surface area (Å²) >= 11 is 0. The summed E-state index contributed by atoms with van der Waals surface area (Å²) in [4.78, 5) is 14.6. The molecule has 0 spiro atoms. The molecule has 1 aromatic carbocycles. The largest absolute Gasteiger partial charge is 0.486 e. The van der Waals surface area contributed by atoms with Gasteiger partial charge in [0.25, 0.3) is 0 Å². The van der Waals surface area contributed by atoms with Crippen LogP contribution in [0.2, 0.25) is 0 Å². The molecule has 144 valence electrons. The summed E-state index contributed by atoms with van der Waals surface area (Å²) in [5.41, 5.74) is 0.400. The van der Waals surface area contributed by atoms with E-state index in [0.29, 0.717) is 30.4 Å². The molecule has 1 aromatic rings. The third kappa shape index (κ3) is 3.75. The molecule has 0 unspecified atom stereocenters. The molecule has 1 amide bonds. The second-order valence-corrected chi connectivity index (χ2v) is 8.81.